The maximum Gasteiger partial charge on any atom is 0.326 e. The average Bonchev–Trinajstić information content (AvgIpc) is 3.25. The zero-order valence-electron chi connectivity index (χ0n) is 37.7. The monoisotopic (exact) mass is 966 g/mol. The van der Waals surface area contributed by atoms with Gasteiger partial charge in [-0.25, -0.2) is 4.79 Å². The highest BCUT2D eigenvalue weighted by atomic mass is 16.7. The van der Waals surface area contributed by atoms with E-state index in [0.29, 0.717) is 12.8 Å². The molecule has 0 bridgehead atoms. The van der Waals surface area contributed by atoms with Crippen molar-refractivity contribution in [1.82, 2.24) is 37.2 Å². The van der Waals surface area contributed by atoms with Crippen LogP contribution in [0.15, 0.2) is 0 Å². The summed E-state index contributed by atoms with van der Waals surface area (Å²) in [4.78, 5) is 111. The van der Waals surface area contributed by atoms with Gasteiger partial charge in [-0.2, -0.15) is 0 Å². The van der Waals surface area contributed by atoms with Gasteiger partial charge < -0.3 is 97.6 Å². The van der Waals surface area contributed by atoms with Crippen molar-refractivity contribution >= 4 is 53.3 Å². The lowest BCUT2D eigenvalue weighted by Gasteiger charge is -2.48. The number of unbranched alkanes of at least 4 members (excludes halogenated alkanes) is 1. The van der Waals surface area contributed by atoms with Gasteiger partial charge in [0.05, 0.1) is 32.3 Å². The van der Waals surface area contributed by atoms with Gasteiger partial charge in [0.25, 0.3) is 0 Å². The summed E-state index contributed by atoms with van der Waals surface area (Å²) in [6.45, 7) is 4.37. The van der Waals surface area contributed by atoms with E-state index in [4.69, 9.17) is 24.7 Å². The van der Waals surface area contributed by atoms with E-state index in [1.165, 1.54) is 20.8 Å². The molecule has 28 nitrogen and oxygen atoms in total. The molecule has 2 aliphatic heterocycles. The van der Waals surface area contributed by atoms with Crippen molar-refractivity contribution in [2.45, 2.75) is 165 Å². The number of carbonyl (C=O) groups is 9. The molecule has 0 aromatic rings. The molecule has 2 rings (SSSR count). The van der Waals surface area contributed by atoms with Gasteiger partial charge in [-0.05, 0) is 46.5 Å². The van der Waals surface area contributed by atoms with Gasteiger partial charge in [0.15, 0.2) is 12.6 Å². The van der Waals surface area contributed by atoms with Crippen molar-refractivity contribution in [2.75, 3.05) is 26.3 Å². The van der Waals surface area contributed by atoms with E-state index >= 15 is 0 Å². The van der Waals surface area contributed by atoms with Crippen LogP contribution in [0.25, 0.3) is 0 Å². The van der Waals surface area contributed by atoms with Crippen molar-refractivity contribution in [3.05, 3.63) is 0 Å². The van der Waals surface area contributed by atoms with Crippen molar-refractivity contribution in [1.29, 1.82) is 0 Å². The number of ether oxygens (including phenoxy) is 4. The number of aliphatic hydroxyl groups excluding tert-OH is 5. The van der Waals surface area contributed by atoms with Gasteiger partial charge in [0.2, 0.25) is 41.4 Å². The van der Waals surface area contributed by atoms with Crippen LogP contribution in [0.1, 0.15) is 73.1 Å². The first kappa shape index (κ1) is 58.0. The molecule has 15 atom stereocenters. The minimum absolute atomic E-state index is 0.0190. The third-order valence-electron chi connectivity index (χ3n) is 10.5. The summed E-state index contributed by atoms with van der Waals surface area (Å²) in [5.74, 6) is -8.10. The lowest BCUT2D eigenvalue weighted by atomic mass is 9.94. The second-order valence-electron chi connectivity index (χ2n) is 16.1. The van der Waals surface area contributed by atoms with Gasteiger partial charge in [0.1, 0.15) is 72.9 Å². The summed E-state index contributed by atoms with van der Waals surface area (Å²) in [5, 5.41) is 87.8. The summed E-state index contributed by atoms with van der Waals surface area (Å²) in [6, 6.07) is -8.51. The molecule has 0 spiro atoms. The Bertz CT molecular complexity index is 1710. The number of hydrogen-bond acceptors (Lipinski definition) is 19. The first-order valence-corrected chi connectivity index (χ1v) is 21.5. The molecule has 0 radical (unpaired) electrons. The molecule has 67 heavy (non-hydrogen) atoms. The molecular weight excluding hydrogens is 900 g/mol. The number of carboxylic acids is 2. The predicted molar refractivity (Wildman–Crippen MR) is 224 cm³/mol. The predicted octanol–water partition coefficient (Wildman–Crippen LogP) is -7.13. The maximum absolute atomic E-state index is 13.2. The van der Waals surface area contributed by atoms with Crippen LogP contribution in [0, 0.1) is 0 Å². The highest BCUT2D eigenvalue weighted by Crippen LogP contribution is 2.31. The van der Waals surface area contributed by atoms with Gasteiger partial charge in [-0.15, -0.1) is 0 Å². The second kappa shape index (κ2) is 28.2. The van der Waals surface area contributed by atoms with Gasteiger partial charge >= 0.3 is 11.9 Å². The Labute approximate surface area is 384 Å². The number of aliphatic carboxylic acids is 2. The topological polar surface area (TPSA) is 442 Å². The van der Waals surface area contributed by atoms with Crippen LogP contribution in [0.4, 0.5) is 0 Å². The van der Waals surface area contributed by atoms with E-state index in [1.807, 2.05) is 0 Å². The minimum atomic E-state index is -1.83. The van der Waals surface area contributed by atoms with Gasteiger partial charge in [0, 0.05) is 26.8 Å². The molecule has 0 aliphatic carbocycles. The Morgan fingerprint density at radius 2 is 1.28 bits per heavy atom. The number of carboxylic acid groups (broad SMARTS) is 2. The van der Waals surface area contributed by atoms with E-state index < -0.39 is 177 Å². The Morgan fingerprint density at radius 3 is 1.85 bits per heavy atom. The summed E-state index contributed by atoms with van der Waals surface area (Å²) in [6.07, 6.45) is -14.8. The number of amides is 7. The standard InChI is InChI=1S/C39H66N8O20/c1-16(64-33-29(45-20(5)51)38(63)65-24(15-49)32(33)67-39-28(44-19(4)50)31(56)30(55)23(14-48)66-39)12-26(53)42-17(2)34(57)47-22(37(61)62)9-10-25(52)46-21(35(58)43-18(3)36(59)60)8-6-7-11-41-27(54)13-40/h16-18,21-24,28-33,38-39,48-49,55-56,63H,6-15,40H2,1-5H3,(H,41,54)(H,42,53)(H,43,58)(H,44,50)(H,45,51)(H,46,52)(H,47,57)(H,59,60)(H,61,62)/t16?,17-,18+,21+,22-,23-,24-,28-,29-,30-,31-,32-,33-,38+,39+/m1/s1. The van der Waals surface area contributed by atoms with Gasteiger partial charge in [-0.3, -0.25) is 38.4 Å². The zero-order chi connectivity index (χ0) is 50.7. The lowest BCUT2D eigenvalue weighted by molar-refractivity contribution is -0.334. The molecule has 2 aliphatic rings. The number of aliphatic hydroxyl groups is 5. The van der Waals surface area contributed by atoms with Crippen molar-refractivity contribution in [3.63, 3.8) is 0 Å². The fourth-order valence-corrected chi connectivity index (χ4v) is 6.98. The molecule has 16 N–H and O–H groups in total. The third-order valence-corrected chi connectivity index (χ3v) is 10.5. The molecule has 0 saturated carbocycles. The summed E-state index contributed by atoms with van der Waals surface area (Å²) in [7, 11) is 0. The van der Waals surface area contributed by atoms with Crippen LogP contribution in [0.3, 0.4) is 0 Å². The Morgan fingerprint density at radius 1 is 0.657 bits per heavy atom. The van der Waals surface area contributed by atoms with E-state index in [2.05, 4.69) is 37.2 Å². The van der Waals surface area contributed by atoms with E-state index in [-0.39, 0.29) is 19.5 Å². The van der Waals surface area contributed by atoms with Crippen molar-refractivity contribution < 1.29 is 97.8 Å². The fraction of sp³-hybridized carbons (Fsp3) is 0.769. The molecule has 2 fully saturated rings. The number of nitrogens with two attached hydrogens (primary N) is 1. The van der Waals surface area contributed by atoms with E-state index in [1.54, 1.807) is 0 Å². The number of carbonyl (C=O) groups excluding carboxylic acids is 7. The first-order chi connectivity index (χ1) is 31.4. The second-order valence-corrected chi connectivity index (χ2v) is 16.1. The molecule has 2 heterocycles. The van der Waals surface area contributed by atoms with Crippen molar-refractivity contribution in [3.8, 4) is 0 Å². The van der Waals surface area contributed by atoms with E-state index in [9.17, 15) is 78.9 Å². The molecule has 0 aromatic heterocycles. The smallest absolute Gasteiger partial charge is 0.326 e. The van der Waals surface area contributed by atoms with Gasteiger partial charge in [-0.1, -0.05) is 0 Å². The third kappa shape index (κ3) is 18.8. The largest absolute Gasteiger partial charge is 0.480 e. The summed E-state index contributed by atoms with van der Waals surface area (Å²) < 4.78 is 23.3. The Kier molecular flexibility index (Phi) is 24.4. The fourth-order valence-electron chi connectivity index (χ4n) is 6.98. The molecule has 7 amide bonds. The Hall–Kier alpha value is -5.17. The van der Waals surface area contributed by atoms with Crippen LogP contribution in [-0.2, 0) is 62.1 Å². The van der Waals surface area contributed by atoms with E-state index in [0.717, 1.165) is 13.8 Å². The molecule has 2 saturated heterocycles. The number of nitrogens with one attached hydrogen (secondary N) is 7. The van der Waals surface area contributed by atoms with Crippen LogP contribution in [0.2, 0.25) is 0 Å². The first-order valence-electron chi connectivity index (χ1n) is 21.5. The highest BCUT2D eigenvalue weighted by Gasteiger charge is 2.52. The SMILES string of the molecule is CC(=O)N[C@@H]1[C@@H](OC(C)CC(=O)N[C@H](C)C(=O)N[C@H](CCC(=O)N[C@@H](CCCCNC(=O)CN)C(=O)N[C@@H](C)C(=O)O)C(=O)O)[C@H](O[C@@H]2O[C@H](CO)[C@@H](O)[C@H](O)[C@H]2NC(C)=O)[C@@H](CO)O[C@@H]1O. The molecule has 382 valence electrons. The van der Waals surface area contributed by atoms with Crippen LogP contribution in [-0.4, -0.2) is 207 Å². The average molecular weight is 967 g/mol. The van der Waals surface area contributed by atoms with Crippen molar-refractivity contribution in [2.24, 2.45) is 5.73 Å². The number of hydrogen-bond donors (Lipinski definition) is 15. The highest BCUT2D eigenvalue weighted by molar-refractivity contribution is 5.92. The minimum Gasteiger partial charge on any atom is -0.480 e. The normalized spacial score (nSPS) is 27.1. The quantitative estimate of drug-likeness (QED) is 0.0340. The summed E-state index contributed by atoms with van der Waals surface area (Å²) in [5.41, 5.74) is 5.25. The maximum atomic E-state index is 13.2. The molecule has 1 unspecified atom stereocenters. The van der Waals surface area contributed by atoms with Crippen LogP contribution in [0.5, 0.6) is 0 Å². The van der Waals surface area contributed by atoms with Crippen LogP contribution >= 0.6 is 0 Å². The molecular formula is C39H66N8O20. The summed E-state index contributed by atoms with van der Waals surface area (Å²) >= 11 is 0. The zero-order valence-corrected chi connectivity index (χ0v) is 37.7. The van der Waals surface area contributed by atoms with Crippen LogP contribution < -0.4 is 43.0 Å². The lowest BCUT2D eigenvalue weighted by Crippen LogP contribution is -2.69. The molecule has 28 heteroatoms. The molecule has 0 aromatic carbocycles. The Balaban J connectivity index is 2.14. The number of rotatable bonds is 27.